The molecule has 2 heterocycles. The average Bonchev–Trinajstić information content (AvgIpc) is 3.04. The smallest absolute Gasteiger partial charge is 0.0509 e. The summed E-state index contributed by atoms with van der Waals surface area (Å²) >= 11 is 0. The molecule has 0 spiro atoms. The van der Waals surface area contributed by atoms with Crippen LogP contribution in [0.5, 0.6) is 0 Å². The molecule has 0 radical (unpaired) electrons. The van der Waals surface area contributed by atoms with Gasteiger partial charge in [-0.3, -0.25) is 9.80 Å². The molecule has 20 heavy (non-hydrogen) atoms. The number of nitrogens with zero attached hydrogens (tertiary/aromatic N) is 2. The normalized spacial score (nSPS) is 32.5. The van der Waals surface area contributed by atoms with Crippen LogP contribution in [0.1, 0.15) is 38.5 Å². The van der Waals surface area contributed by atoms with E-state index in [1.165, 1.54) is 64.7 Å². The Labute approximate surface area is 123 Å². The molecule has 3 aliphatic rings. The molecule has 116 valence electrons. The first-order chi connectivity index (χ1) is 9.88. The van der Waals surface area contributed by atoms with E-state index in [1.54, 1.807) is 0 Å². The van der Waals surface area contributed by atoms with E-state index in [0.29, 0.717) is 12.0 Å². The molecule has 4 heteroatoms. The van der Waals surface area contributed by atoms with Crippen molar-refractivity contribution in [2.45, 2.75) is 50.6 Å². The van der Waals surface area contributed by atoms with E-state index in [1.807, 2.05) is 0 Å². The fourth-order valence-electron chi connectivity index (χ4n) is 4.41. The van der Waals surface area contributed by atoms with Gasteiger partial charge in [0.15, 0.2) is 0 Å². The zero-order chi connectivity index (χ0) is 13.8. The number of piperazine rings is 1. The van der Waals surface area contributed by atoms with Crippen molar-refractivity contribution in [2.75, 3.05) is 45.9 Å². The van der Waals surface area contributed by atoms with Crippen LogP contribution in [0.3, 0.4) is 0 Å². The van der Waals surface area contributed by atoms with Crippen LogP contribution >= 0.6 is 0 Å². The number of hydrogen-bond donors (Lipinski definition) is 1. The molecule has 0 aromatic heterocycles. The second kappa shape index (κ2) is 7.21. The average molecular weight is 281 g/mol. The summed E-state index contributed by atoms with van der Waals surface area (Å²) in [4.78, 5) is 5.37. The molecule has 2 N–H and O–H groups in total. The quantitative estimate of drug-likeness (QED) is 0.843. The maximum Gasteiger partial charge on any atom is 0.0509 e. The Balaban J connectivity index is 1.50. The Hall–Kier alpha value is -0.160. The molecule has 0 aromatic rings. The SMILES string of the molecule is NCC(C1CCCOC1)N1CCN(C2CCCC2)CC1. The lowest BCUT2D eigenvalue weighted by Gasteiger charge is -2.44. The third-order valence-corrected chi connectivity index (χ3v) is 5.64. The van der Waals surface area contributed by atoms with Crippen molar-refractivity contribution in [3.63, 3.8) is 0 Å². The molecule has 2 saturated heterocycles. The second-order valence-electron chi connectivity index (χ2n) is 6.79. The molecule has 2 aliphatic heterocycles. The standard InChI is InChI=1S/C16H31N3O/c17-12-16(14-4-3-11-20-13-14)19-9-7-18(8-10-19)15-5-1-2-6-15/h14-16H,1-13,17H2. The Kier molecular flexibility index (Phi) is 5.32. The minimum absolute atomic E-state index is 0.543. The van der Waals surface area contributed by atoms with Crippen molar-refractivity contribution in [3.05, 3.63) is 0 Å². The predicted molar refractivity (Wildman–Crippen MR) is 81.8 cm³/mol. The number of nitrogens with two attached hydrogens (primary N) is 1. The van der Waals surface area contributed by atoms with Crippen molar-refractivity contribution in [3.8, 4) is 0 Å². The molecule has 0 amide bonds. The molecular weight excluding hydrogens is 250 g/mol. The Bertz CT molecular complexity index is 279. The van der Waals surface area contributed by atoms with Gasteiger partial charge in [-0.1, -0.05) is 12.8 Å². The Morgan fingerprint density at radius 1 is 1.00 bits per heavy atom. The summed E-state index contributed by atoms with van der Waals surface area (Å²) < 4.78 is 5.67. The third-order valence-electron chi connectivity index (χ3n) is 5.64. The monoisotopic (exact) mass is 281 g/mol. The fraction of sp³-hybridized carbons (Fsp3) is 1.00. The maximum atomic E-state index is 6.08. The highest BCUT2D eigenvalue weighted by Crippen LogP contribution is 2.26. The van der Waals surface area contributed by atoms with E-state index in [9.17, 15) is 0 Å². The first kappa shape index (κ1) is 14.8. The van der Waals surface area contributed by atoms with Crippen LogP contribution in [0, 0.1) is 5.92 Å². The van der Waals surface area contributed by atoms with Crippen LogP contribution in [-0.4, -0.2) is 67.8 Å². The summed E-state index contributed by atoms with van der Waals surface area (Å²) in [7, 11) is 0. The second-order valence-corrected chi connectivity index (χ2v) is 6.79. The summed E-state index contributed by atoms with van der Waals surface area (Å²) in [5, 5.41) is 0. The zero-order valence-electron chi connectivity index (χ0n) is 12.8. The lowest BCUT2D eigenvalue weighted by atomic mass is 9.92. The van der Waals surface area contributed by atoms with Crippen molar-refractivity contribution in [1.29, 1.82) is 0 Å². The molecule has 3 fully saturated rings. The predicted octanol–water partition coefficient (Wildman–Crippen LogP) is 1.30. The lowest BCUT2D eigenvalue weighted by molar-refractivity contribution is -0.00714. The minimum atomic E-state index is 0.543. The molecule has 1 aliphatic carbocycles. The summed E-state index contributed by atoms with van der Waals surface area (Å²) in [6.45, 7) is 7.55. The van der Waals surface area contributed by atoms with E-state index in [0.717, 1.165) is 25.8 Å². The molecule has 2 atom stereocenters. The molecule has 3 rings (SSSR count). The molecule has 1 saturated carbocycles. The Morgan fingerprint density at radius 3 is 2.35 bits per heavy atom. The van der Waals surface area contributed by atoms with Crippen LogP contribution < -0.4 is 5.73 Å². The van der Waals surface area contributed by atoms with Gasteiger partial charge >= 0.3 is 0 Å². The van der Waals surface area contributed by atoms with Gasteiger partial charge in [0.1, 0.15) is 0 Å². The maximum absolute atomic E-state index is 6.08. The summed E-state index contributed by atoms with van der Waals surface area (Å²) in [6.07, 6.45) is 8.24. The number of ether oxygens (including phenoxy) is 1. The van der Waals surface area contributed by atoms with E-state index >= 15 is 0 Å². The van der Waals surface area contributed by atoms with E-state index < -0.39 is 0 Å². The van der Waals surface area contributed by atoms with Crippen molar-refractivity contribution in [1.82, 2.24) is 9.80 Å². The largest absolute Gasteiger partial charge is 0.381 e. The van der Waals surface area contributed by atoms with Crippen LogP contribution in [0.25, 0.3) is 0 Å². The van der Waals surface area contributed by atoms with Gasteiger partial charge in [-0.2, -0.15) is 0 Å². The molecular formula is C16H31N3O. The summed E-state index contributed by atoms with van der Waals surface area (Å²) in [5.41, 5.74) is 6.08. The van der Waals surface area contributed by atoms with Gasteiger partial charge < -0.3 is 10.5 Å². The van der Waals surface area contributed by atoms with Gasteiger partial charge in [0.2, 0.25) is 0 Å². The summed E-state index contributed by atoms with van der Waals surface area (Å²) in [6, 6.07) is 1.42. The van der Waals surface area contributed by atoms with Crippen molar-refractivity contribution in [2.24, 2.45) is 11.7 Å². The van der Waals surface area contributed by atoms with Gasteiger partial charge in [0.25, 0.3) is 0 Å². The van der Waals surface area contributed by atoms with Gasteiger partial charge in [0.05, 0.1) is 6.61 Å². The van der Waals surface area contributed by atoms with Gasteiger partial charge in [-0.25, -0.2) is 0 Å². The van der Waals surface area contributed by atoms with Gasteiger partial charge in [0, 0.05) is 51.4 Å². The van der Waals surface area contributed by atoms with E-state index in [4.69, 9.17) is 10.5 Å². The molecule has 4 nitrogen and oxygen atoms in total. The molecule has 0 bridgehead atoms. The third kappa shape index (κ3) is 3.35. The van der Waals surface area contributed by atoms with Crippen molar-refractivity contribution >= 4 is 0 Å². The molecule has 0 aromatic carbocycles. The van der Waals surface area contributed by atoms with Gasteiger partial charge in [-0.05, 0) is 31.6 Å². The molecule has 2 unspecified atom stereocenters. The fourth-order valence-corrected chi connectivity index (χ4v) is 4.41. The summed E-state index contributed by atoms with van der Waals surface area (Å²) in [5.74, 6) is 0.659. The Morgan fingerprint density at radius 2 is 1.75 bits per heavy atom. The topological polar surface area (TPSA) is 41.7 Å². The zero-order valence-corrected chi connectivity index (χ0v) is 12.8. The number of hydrogen-bond acceptors (Lipinski definition) is 4. The van der Waals surface area contributed by atoms with Crippen LogP contribution in [0.15, 0.2) is 0 Å². The number of rotatable bonds is 4. The first-order valence-electron chi connectivity index (χ1n) is 8.64. The minimum Gasteiger partial charge on any atom is -0.381 e. The van der Waals surface area contributed by atoms with Crippen LogP contribution in [0.2, 0.25) is 0 Å². The van der Waals surface area contributed by atoms with E-state index in [2.05, 4.69) is 9.80 Å². The van der Waals surface area contributed by atoms with Crippen molar-refractivity contribution < 1.29 is 4.74 Å². The van der Waals surface area contributed by atoms with Crippen LogP contribution in [0.4, 0.5) is 0 Å². The van der Waals surface area contributed by atoms with E-state index in [-0.39, 0.29) is 0 Å². The highest BCUT2D eigenvalue weighted by atomic mass is 16.5. The lowest BCUT2D eigenvalue weighted by Crippen LogP contribution is -2.57. The van der Waals surface area contributed by atoms with Crippen LogP contribution in [-0.2, 0) is 4.74 Å². The van der Waals surface area contributed by atoms with Gasteiger partial charge in [-0.15, -0.1) is 0 Å². The highest BCUT2D eigenvalue weighted by molar-refractivity contribution is 4.88. The first-order valence-corrected chi connectivity index (χ1v) is 8.64. The highest BCUT2D eigenvalue weighted by Gasteiger charge is 2.32.